The fourth-order valence-electron chi connectivity index (χ4n) is 3.62. The molecule has 186 valence electrons. The van der Waals surface area contributed by atoms with Gasteiger partial charge in [-0.05, 0) is 53.3 Å². The van der Waals surface area contributed by atoms with Gasteiger partial charge < -0.3 is 14.9 Å². The molecular formula is C23H22ClNO8S2. The molecule has 9 nitrogen and oxygen atoms in total. The molecule has 1 aliphatic heterocycles. The maximum atomic E-state index is 12.3. The number of thiophene rings is 1. The smallest absolute Gasteiger partial charge is 0.339 e. The molecule has 0 spiro atoms. The second-order valence-corrected chi connectivity index (χ2v) is 10.3. The van der Waals surface area contributed by atoms with E-state index in [1.807, 2.05) is 24.3 Å². The zero-order valence-corrected chi connectivity index (χ0v) is 20.8. The summed E-state index contributed by atoms with van der Waals surface area (Å²) in [5, 5.41) is 20.2. The maximum absolute atomic E-state index is 12.3. The number of esters is 1. The van der Waals surface area contributed by atoms with Gasteiger partial charge in [0.05, 0.1) is 12.0 Å². The van der Waals surface area contributed by atoms with Crippen LogP contribution in [0.2, 0.25) is 5.02 Å². The van der Waals surface area contributed by atoms with Crippen molar-refractivity contribution < 1.29 is 37.5 Å². The third-order valence-corrected chi connectivity index (χ3v) is 7.54. The number of hydrogen-bond donors (Lipinski definition) is 3. The number of carbonyl (C=O) groups is 2. The highest BCUT2D eigenvalue weighted by atomic mass is 35.5. The number of phenols is 1. The van der Waals surface area contributed by atoms with Crippen LogP contribution in [0, 0.1) is 0 Å². The molecule has 12 heteroatoms. The van der Waals surface area contributed by atoms with E-state index in [9.17, 15) is 18.0 Å². The standard InChI is InChI=1S/C16H16ClNO2S.C7H6O6S/c1-20-16(19)15(12-4-2-3-5-13(12)17)18-8-6-14-11(10-18)7-9-21-14;8-6-2-1-4(14(11,12)13)3-5(6)7(9)10/h2-5,7,9,15H,6,8,10H2,1H3;1-3,8H,(H,9,10)(H,11,12,13)/t15-;/m0./s1. The van der Waals surface area contributed by atoms with E-state index in [2.05, 4.69) is 16.3 Å². The summed E-state index contributed by atoms with van der Waals surface area (Å²) in [7, 11) is -3.03. The molecule has 4 rings (SSSR count). The lowest BCUT2D eigenvalue weighted by atomic mass is 10.0. The number of hydrogen-bond acceptors (Lipinski definition) is 8. The number of carboxylic acid groups (broad SMARTS) is 1. The van der Waals surface area contributed by atoms with Crippen LogP contribution in [0.15, 0.2) is 58.8 Å². The van der Waals surface area contributed by atoms with Crippen molar-refractivity contribution in [1.29, 1.82) is 0 Å². The Morgan fingerprint density at radius 2 is 1.89 bits per heavy atom. The van der Waals surface area contributed by atoms with Crippen LogP contribution in [0.25, 0.3) is 0 Å². The highest BCUT2D eigenvalue weighted by Gasteiger charge is 2.32. The summed E-state index contributed by atoms with van der Waals surface area (Å²) < 4.78 is 34.8. The van der Waals surface area contributed by atoms with Crippen LogP contribution < -0.4 is 0 Å². The first kappa shape index (κ1) is 26.6. The normalized spacial score (nSPS) is 14.3. The number of carboxylic acids is 1. The quantitative estimate of drug-likeness (QED) is 0.324. The van der Waals surface area contributed by atoms with Gasteiger partial charge in [-0.3, -0.25) is 9.45 Å². The summed E-state index contributed by atoms with van der Waals surface area (Å²) in [6, 6.07) is 11.6. The summed E-state index contributed by atoms with van der Waals surface area (Å²) >= 11 is 8.07. The fourth-order valence-corrected chi connectivity index (χ4v) is 5.25. The predicted molar refractivity (Wildman–Crippen MR) is 130 cm³/mol. The van der Waals surface area contributed by atoms with Crippen LogP contribution in [0.5, 0.6) is 5.75 Å². The second-order valence-electron chi connectivity index (χ2n) is 7.50. The number of halogens is 1. The van der Waals surface area contributed by atoms with Gasteiger partial charge in [-0.25, -0.2) is 9.59 Å². The van der Waals surface area contributed by atoms with Gasteiger partial charge in [0.2, 0.25) is 0 Å². The Morgan fingerprint density at radius 3 is 2.51 bits per heavy atom. The lowest BCUT2D eigenvalue weighted by molar-refractivity contribution is -0.147. The number of benzene rings is 2. The zero-order valence-electron chi connectivity index (χ0n) is 18.4. The van der Waals surface area contributed by atoms with Crippen LogP contribution in [-0.2, 0) is 32.6 Å². The molecule has 3 aromatic rings. The number of fused-ring (bicyclic) bond motifs is 1. The van der Waals surface area contributed by atoms with Crippen molar-refractivity contribution in [3.05, 3.63) is 80.5 Å². The lowest BCUT2D eigenvalue weighted by Crippen LogP contribution is -2.38. The van der Waals surface area contributed by atoms with Gasteiger partial charge in [-0.15, -0.1) is 11.3 Å². The molecule has 0 fully saturated rings. The Kier molecular flexibility index (Phi) is 8.51. The van der Waals surface area contributed by atoms with Gasteiger partial charge in [-0.1, -0.05) is 29.8 Å². The van der Waals surface area contributed by atoms with Crippen LogP contribution in [0.4, 0.5) is 0 Å². The van der Waals surface area contributed by atoms with Crippen molar-refractivity contribution in [2.24, 2.45) is 0 Å². The second kappa shape index (κ2) is 11.2. The van der Waals surface area contributed by atoms with Gasteiger partial charge in [-0.2, -0.15) is 8.42 Å². The minimum absolute atomic E-state index is 0.262. The van der Waals surface area contributed by atoms with Crippen LogP contribution in [0.1, 0.15) is 32.4 Å². The first-order valence-corrected chi connectivity index (χ1v) is 12.9. The highest BCUT2D eigenvalue weighted by molar-refractivity contribution is 7.85. The minimum Gasteiger partial charge on any atom is -0.507 e. The van der Waals surface area contributed by atoms with E-state index in [-0.39, 0.29) is 5.97 Å². The Labute approximate surface area is 210 Å². The SMILES string of the molecule is COC(=O)[C@H](c1ccccc1Cl)N1CCc2sccc2C1.O=C(O)c1cc(S(=O)(=O)O)ccc1O. The van der Waals surface area contributed by atoms with Crippen molar-refractivity contribution in [3.8, 4) is 5.75 Å². The van der Waals surface area contributed by atoms with Crippen molar-refractivity contribution in [3.63, 3.8) is 0 Å². The zero-order chi connectivity index (χ0) is 25.8. The molecular weight excluding hydrogens is 518 g/mol. The average Bonchev–Trinajstić information content (AvgIpc) is 3.28. The van der Waals surface area contributed by atoms with Gasteiger partial charge in [0, 0.05) is 23.0 Å². The van der Waals surface area contributed by atoms with E-state index < -0.39 is 38.3 Å². The molecule has 3 N–H and O–H groups in total. The van der Waals surface area contributed by atoms with Crippen molar-refractivity contribution in [2.75, 3.05) is 13.7 Å². The molecule has 0 unspecified atom stereocenters. The monoisotopic (exact) mass is 539 g/mol. The number of nitrogens with zero attached hydrogens (tertiary/aromatic N) is 1. The third kappa shape index (κ3) is 6.38. The van der Waals surface area contributed by atoms with Crippen molar-refractivity contribution >= 4 is 45.0 Å². The Bertz CT molecular complexity index is 1340. The van der Waals surface area contributed by atoms with Crippen molar-refractivity contribution in [2.45, 2.75) is 23.9 Å². The van der Waals surface area contributed by atoms with E-state index >= 15 is 0 Å². The molecule has 1 atom stereocenters. The number of ether oxygens (including phenoxy) is 1. The van der Waals surface area contributed by atoms with E-state index in [0.29, 0.717) is 11.1 Å². The Morgan fingerprint density at radius 1 is 1.17 bits per heavy atom. The Balaban J connectivity index is 0.000000214. The molecule has 2 heterocycles. The van der Waals surface area contributed by atoms with Gasteiger partial charge >= 0.3 is 11.9 Å². The molecule has 1 aromatic heterocycles. The number of aromatic carboxylic acids is 1. The minimum atomic E-state index is -4.45. The van der Waals surface area contributed by atoms with E-state index in [1.165, 1.54) is 17.6 Å². The molecule has 0 saturated heterocycles. The van der Waals surface area contributed by atoms with Gasteiger partial charge in [0.1, 0.15) is 17.4 Å². The molecule has 0 bridgehead atoms. The largest absolute Gasteiger partial charge is 0.507 e. The first-order chi connectivity index (χ1) is 16.5. The van der Waals surface area contributed by atoms with Gasteiger partial charge in [0.25, 0.3) is 10.1 Å². The summed E-state index contributed by atoms with van der Waals surface area (Å²) in [4.78, 5) is 25.7. The summed E-state index contributed by atoms with van der Waals surface area (Å²) in [6.45, 7) is 1.59. The molecule has 2 aromatic carbocycles. The molecule has 1 aliphatic rings. The Hall–Kier alpha value is -2.96. The summed E-state index contributed by atoms with van der Waals surface area (Å²) in [6.07, 6.45) is 0.963. The maximum Gasteiger partial charge on any atom is 0.339 e. The molecule has 35 heavy (non-hydrogen) atoms. The van der Waals surface area contributed by atoms with Crippen LogP contribution >= 0.6 is 22.9 Å². The van der Waals surface area contributed by atoms with Crippen LogP contribution in [-0.4, -0.2) is 53.7 Å². The topological polar surface area (TPSA) is 141 Å². The molecule has 0 saturated carbocycles. The number of rotatable bonds is 5. The number of methoxy groups -OCH3 is 1. The third-order valence-electron chi connectivity index (χ3n) is 5.32. The number of carbonyl (C=O) groups excluding carboxylic acids is 1. The molecule has 0 radical (unpaired) electrons. The fraction of sp³-hybridized carbons (Fsp3) is 0.217. The van der Waals surface area contributed by atoms with Gasteiger partial charge in [0.15, 0.2) is 0 Å². The summed E-state index contributed by atoms with van der Waals surface area (Å²) in [5.41, 5.74) is 1.53. The van der Waals surface area contributed by atoms with Crippen molar-refractivity contribution in [1.82, 2.24) is 4.90 Å². The number of aromatic hydroxyl groups is 1. The van der Waals surface area contributed by atoms with Crippen LogP contribution in [0.3, 0.4) is 0 Å². The first-order valence-electron chi connectivity index (χ1n) is 10.2. The van der Waals surface area contributed by atoms with E-state index in [1.54, 1.807) is 11.3 Å². The molecule has 0 aliphatic carbocycles. The molecule has 0 amide bonds. The summed E-state index contributed by atoms with van der Waals surface area (Å²) in [5.74, 6) is -2.31. The van der Waals surface area contributed by atoms with E-state index in [0.717, 1.165) is 37.2 Å². The van der Waals surface area contributed by atoms with E-state index in [4.69, 9.17) is 31.1 Å². The average molecular weight is 540 g/mol. The predicted octanol–water partition coefficient (Wildman–Crippen LogP) is 4.01. The highest BCUT2D eigenvalue weighted by Crippen LogP contribution is 2.34. The lowest BCUT2D eigenvalue weighted by Gasteiger charge is -2.33.